The Kier molecular flexibility index (Phi) is 5.61. The maximum Gasteiger partial charge on any atom is 0.408 e. The summed E-state index contributed by atoms with van der Waals surface area (Å²) >= 11 is 0. The van der Waals surface area contributed by atoms with Crippen LogP contribution in [-0.2, 0) is 20.8 Å². The Morgan fingerprint density at radius 3 is 2.48 bits per heavy atom. The molecule has 0 saturated carbocycles. The van der Waals surface area contributed by atoms with Crippen molar-refractivity contribution < 1.29 is 23.5 Å². The van der Waals surface area contributed by atoms with Gasteiger partial charge in [-0.05, 0) is 45.4 Å². The standard InChI is InChI=1S/C25H26N2O6/c1-14-10-22(28)32-21-12-20-17(11-16(14)21)15-8-6-7-9-19(15)27(20)13-18(23(29)31-5)26-24(30)33-25(2,3)4/h6-12,18H,13H2,1-5H3,(H,26,30)/t18-/m1/s1. The molecule has 0 bridgehead atoms. The van der Waals surface area contributed by atoms with Gasteiger partial charge in [-0.15, -0.1) is 0 Å². The predicted molar refractivity (Wildman–Crippen MR) is 125 cm³/mol. The van der Waals surface area contributed by atoms with E-state index < -0.39 is 29.3 Å². The number of benzene rings is 2. The van der Waals surface area contributed by atoms with Crippen LogP contribution in [0.1, 0.15) is 26.3 Å². The molecule has 2 heterocycles. The van der Waals surface area contributed by atoms with E-state index >= 15 is 0 Å². The van der Waals surface area contributed by atoms with Gasteiger partial charge in [-0.2, -0.15) is 0 Å². The molecule has 1 amide bonds. The zero-order valence-electron chi connectivity index (χ0n) is 19.2. The third-order valence-electron chi connectivity index (χ3n) is 5.39. The molecule has 2 aromatic heterocycles. The minimum Gasteiger partial charge on any atom is -0.467 e. The minimum atomic E-state index is -0.996. The largest absolute Gasteiger partial charge is 0.467 e. The highest BCUT2D eigenvalue weighted by atomic mass is 16.6. The highest BCUT2D eigenvalue weighted by molar-refractivity contribution is 6.12. The van der Waals surface area contributed by atoms with Crippen molar-refractivity contribution in [2.24, 2.45) is 0 Å². The number of carbonyl (C=O) groups is 2. The number of methoxy groups -OCH3 is 1. The third kappa shape index (κ3) is 4.41. The summed E-state index contributed by atoms with van der Waals surface area (Å²) in [6.07, 6.45) is -0.717. The number of amides is 1. The SMILES string of the molecule is COC(=O)[C@@H](Cn1c2ccccc2c2cc3c(C)cc(=O)oc3cc21)NC(=O)OC(C)(C)C. The Labute approximate surface area is 190 Å². The van der Waals surface area contributed by atoms with E-state index in [4.69, 9.17) is 13.9 Å². The number of ether oxygens (including phenoxy) is 2. The smallest absolute Gasteiger partial charge is 0.408 e. The molecule has 4 rings (SSSR count). The van der Waals surface area contributed by atoms with E-state index in [9.17, 15) is 14.4 Å². The summed E-state index contributed by atoms with van der Waals surface area (Å²) in [4.78, 5) is 36.9. The summed E-state index contributed by atoms with van der Waals surface area (Å²) in [5.41, 5.74) is 1.75. The summed E-state index contributed by atoms with van der Waals surface area (Å²) in [5, 5.41) is 5.37. The van der Waals surface area contributed by atoms with Crippen LogP contribution in [0.25, 0.3) is 32.8 Å². The van der Waals surface area contributed by atoms with Gasteiger partial charge in [0.2, 0.25) is 0 Å². The number of alkyl carbamates (subject to hydrolysis) is 1. The van der Waals surface area contributed by atoms with Gasteiger partial charge in [0, 0.05) is 33.8 Å². The Morgan fingerprint density at radius 2 is 1.79 bits per heavy atom. The van der Waals surface area contributed by atoms with Gasteiger partial charge in [-0.1, -0.05) is 18.2 Å². The number of carbonyl (C=O) groups excluding carboxylic acids is 2. The maximum absolute atomic E-state index is 12.5. The van der Waals surface area contributed by atoms with Crippen molar-refractivity contribution in [1.82, 2.24) is 9.88 Å². The molecule has 4 aromatic rings. The summed E-state index contributed by atoms with van der Waals surface area (Å²) < 4.78 is 17.6. The van der Waals surface area contributed by atoms with Crippen molar-refractivity contribution in [3.05, 3.63) is 58.4 Å². The molecule has 0 aliphatic rings. The Hall–Kier alpha value is -3.81. The highest BCUT2D eigenvalue weighted by Crippen LogP contribution is 2.33. The Balaban J connectivity index is 1.87. The fraction of sp³-hybridized carbons (Fsp3) is 0.320. The fourth-order valence-electron chi connectivity index (χ4n) is 4.01. The molecule has 8 heteroatoms. The van der Waals surface area contributed by atoms with Gasteiger partial charge in [0.1, 0.15) is 17.2 Å². The highest BCUT2D eigenvalue weighted by Gasteiger charge is 2.27. The lowest BCUT2D eigenvalue weighted by molar-refractivity contribution is -0.143. The van der Waals surface area contributed by atoms with E-state index in [0.29, 0.717) is 5.58 Å². The average molecular weight is 450 g/mol. The molecule has 33 heavy (non-hydrogen) atoms. The molecule has 0 spiro atoms. The number of nitrogens with one attached hydrogen (secondary N) is 1. The first-order valence-corrected chi connectivity index (χ1v) is 10.6. The predicted octanol–water partition coefficient (Wildman–Crippen LogP) is 4.28. The van der Waals surface area contributed by atoms with Crippen LogP contribution in [0.3, 0.4) is 0 Å². The van der Waals surface area contributed by atoms with Gasteiger partial charge in [-0.25, -0.2) is 14.4 Å². The monoisotopic (exact) mass is 450 g/mol. The van der Waals surface area contributed by atoms with Gasteiger partial charge < -0.3 is 23.8 Å². The molecular weight excluding hydrogens is 424 g/mol. The second-order valence-electron chi connectivity index (χ2n) is 8.96. The molecule has 0 saturated heterocycles. The second kappa shape index (κ2) is 8.27. The van der Waals surface area contributed by atoms with Gasteiger partial charge in [-0.3, -0.25) is 0 Å². The number of nitrogens with zero attached hydrogens (tertiary/aromatic N) is 1. The molecule has 0 aliphatic carbocycles. The van der Waals surface area contributed by atoms with Gasteiger partial charge in [0.05, 0.1) is 19.2 Å². The number of aryl methyl sites for hydroxylation is 1. The Bertz CT molecular complexity index is 1440. The Morgan fingerprint density at radius 1 is 1.06 bits per heavy atom. The number of para-hydroxylation sites is 1. The lowest BCUT2D eigenvalue weighted by Crippen LogP contribution is -2.46. The van der Waals surface area contributed by atoms with Crippen LogP contribution >= 0.6 is 0 Å². The van der Waals surface area contributed by atoms with Crippen molar-refractivity contribution in [2.45, 2.75) is 45.9 Å². The number of fused-ring (bicyclic) bond motifs is 4. The van der Waals surface area contributed by atoms with Crippen molar-refractivity contribution in [1.29, 1.82) is 0 Å². The lowest BCUT2D eigenvalue weighted by Gasteiger charge is -2.23. The molecule has 8 nitrogen and oxygen atoms in total. The average Bonchev–Trinajstić information content (AvgIpc) is 3.03. The van der Waals surface area contributed by atoms with Crippen LogP contribution in [0.4, 0.5) is 4.79 Å². The van der Waals surface area contributed by atoms with E-state index in [2.05, 4.69) is 5.32 Å². The molecule has 0 aliphatic heterocycles. The van der Waals surface area contributed by atoms with Crippen molar-refractivity contribution >= 4 is 44.8 Å². The number of aromatic nitrogens is 1. The molecular formula is C25H26N2O6. The summed E-state index contributed by atoms with van der Waals surface area (Å²) in [5.74, 6) is -0.602. The number of rotatable bonds is 4. The zero-order chi connectivity index (χ0) is 23.9. The summed E-state index contributed by atoms with van der Waals surface area (Å²) in [6.45, 7) is 7.19. The van der Waals surface area contributed by atoms with Crippen LogP contribution < -0.4 is 10.9 Å². The van der Waals surface area contributed by atoms with E-state index in [1.165, 1.54) is 13.2 Å². The van der Waals surface area contributed by atoms with E-state index in [0.717, 1.165) is 32.8 Å². The quantitative estimate of drug-likeness (QED) is 0.368. The fourth-order valence-corrected chi connectivity index (χ4v) is 4.01. The van der Waals surface area contributed by atoms with Crippen molar-refractivity contribution in [3.63, 3.8) is 0 Å². The van der Waals surface area contributed by atoms with Gasteiger partial charge in [0.25, 0.3) is 0 Å². The van der Waals surface area contributed by atoms with Gasteiger partial charge >= 0.3 is 17.7 Å². The van der Waals surface area contributed by atoms with Crippen molar-refractivity contribution in [2.75, 3.05) is 7.11 Å². The van der Waals surface area contributed by atoms with Crippen LogP contribution in [0.5, 0.6) is 0 Å². The first kappa shape index (κ1) is 22.4. The van der Waals surface area contributed by atoms with Crippen LogP contribution in [0, 0.1) is 6.92 Å². The van der Waals surface area contributed by atoms with Crippen molar-refractivity contribution in [3.8, 4) is 0 Å². The summed E-state index contributed by atoms with van der Waals surface area (Å²) in [7, 11) is 1.27. The molecule has 0 fully saturated rings. The third-order valence-corrected chi connectivity index (χ3v) is 5.39. The van der Waals surface area contributed by atoms with E-state index in [1.54, 1.807) is 26.8 Å². The summed E-state index contributed by atoms with van der Waals surface area (Å²) in [6, 6.07) is 12.0. The van der Waals surface area contributed by atoms with Crippen LogP contribution in [0.15, 0.2) is 51.7 Å². The van der Waals surface area contributed by atoms with Crippen LogP contribution in [0.2, 0.25) is 0 Å². The molecule has 2 aromatic carbocycles. The topological polar surface area (TPSA) is 99.8 Å². The zero-order valence-corrected chi connectivity index (χ0v) is 19.2. The number of esters is 1. The maximum atomic E-state index is 12.5. The molecule has 0 radical (unpaired) electrons. The number of hydrogen-bond donors (Lipinski definition) is 1. The first-order valence-electron chi connectivity index (χ1n) is 10.6. The first-order chi connectivity index (χ1) is 15.6. The molecule has 0 unspecified atom stereocenters. The van der Waals surface area contributed by atoms with E-state index in [1.807, 2.05) is 41.8 Å². The van der Waals surface area contributed by atoms with Gasteiger partial charge in [0.15, 0.2) is 0 Å². The molecule has 172 valence electrons. The minimum absolute atomic E-state index is 0.0947. The second-order valence-corrected chi connectivity index (χ2v) is 8.96. The van der Waals surface area contributed by atoms with E-state index in [-0.39, 0.29) is 6.54 Å². The number of hydrogen-bond acceptors (Lipinski definition) is 6. The lowest BCUT2D eigenvalue weighted by atomic mass is 10.1. The van der Waals surface area contributed by atoms with Crippen LogP contribution in [-0.4, -0.2) is 35.4 Å². The molecule has 1 N–H and O–H groups in total. The molecule has 1 atom stereocenters. The normalized spacial score (nSPS) is 12.8.